The summed E-state index contributed by atoms with van der Waals surface area (Å²) in [5, 5.41) is 2.62. The molecule has 0 N–H and O–H groups in total. The number of aromatic nitrogens is 1. The maximum atomic E-state index is 13.0. The number of aryl methyl sites for hydroxylation is 1. The minimum absolute atomic E-state index is 0.0147. The highest BCUT2D eigenvalue weighted by Crippen LogP contribution is 2.48. The number of ketones is 2. The van der Waals surface area contributed by atoms with Gasteiger partial charge in [0.05, 0.1) is 0 Å². The second kappa shape index (κ2) is 10.2. The van der Waals surface area contributed by atoms with Crippen LogP contribution < -0.4 is 4.90 Å². The van der Waals surface area contributed by atoms with Crippen LogP contribution in [0.25, 0.3) is 10.8 Å². The lowest BCUT2D eigenvalue weighted by Gasteiger charge is -2.12. The number of carbonyl (C=O) groups excluding carboxylic acids is 2. The Morgan fingerprint density at radius 2 is 1.72 bits per heavy atom. The summed E-state index contributed by atoms with van der Waals surface area (Å²) in [7, 11) is 4.03. The molecule has 1 aliphatic carbocycles. The van der Waals surface area contributed by atoms with Crippen molar-refractivity contribution in [3.8, 4) is 0 Å². The molecule has 4 nitrogen and oxygen atoms in total. The molecule has 0 unspecified atom stereocenters. The minimum atomic E-state index is 0.0147. The monoisotopic (exact) mass is 496 g/mol. The van der Waals surface area contributed by atoms with Gasteiger partial charge >= 0.3 is 0 Å². The molecule has 0 amide bonds. The van der Waals surface area contributed by atoms with E-state index in [4.69, 9.17) is 11.6 Å². The first kappa shape index (κ1) is 24.2. The Bertz CT molecular complexity index is 1410. The van der Waals surface area contributed by atoms with Crippen LogP contribution in [0.1, 0.15) is 45.8 Å². The molecule has 4 aromatic rings. The van der Waals surface area contributed by atoms with Crippen molar-refractivity contribution >= 4 is 39.6 Å². The van der Waals surface area contributed by atoms with Crippen molar-refractivity contribution in [1.82, 2.24) is 4.98 Å². The van der Waals surface area contributed by atoms with E-state index >= 15 is 0 Å². The van der Waals surface area contributed by atoms with Gasteiger partial charge in [-0.1, -0.05) is 48.0 Å². The molecular weight excluding hydrogens is 468 g/mol. The van der Waals surface area contributed by atoms with Crippen LogP contribution >= 0.6 is 11.6 Å². The van der Waals surface area contributed by atoms with Gasteiger partial charge in [-0.05, 0) is 71.2 Å². The van der Waals surface area contributed by atoms with Crippen LogP contribution in [0.4, 0.5) is 5.69 Å². The maximum absolute atomic E-state index is 13.0. The fourth-order valence-electron chi connectivity index (χ4n) is 4.81. The Balaban J connectivity index is 1.16. The van der Waals surface area contributed by atoms with Gasteiger partial charge < -0.3 is 4.90 Å². The molecule has 0 spiro atoms. The first-order valence-electron chi connectivity index (χ1n) is 12.3. The average molecular weight is 497 g/mol. The number of Topliss-reactive ketones (excluding diaryl/α,β-unsaturated/α-hetero) is 2. The highest BCUT2D eigenvalue weighted by Gasteiger charge is 2.43. The molecule has 1 fully saturated rings. The van der Waals surface area contributed by atoms with Crippen molar-refractivity contribution in [2.45, 2.75) is 31.6 Å². The minimum Gasteiger partial charge on any atom is -0.378 e. The Morgan fingerprint density at radius 3 is 2.44 bits per heavy atom. The molecule has 5 rings (SSSR count). The van der Waals surface area contributed by atoms with Crippen molar-refractivity contribution in [3.63, 3.8) is 0 Å². The summed E-state index contributed by atoms with van der Waals surface area (Å²) in [5.74, 6) is 0.597. The van der Waals surface area contributed by atoms with E-state index < -0.39 is 0 Å². The molecule has 1 heterocycles. The highest BCUT2D eigenvalue weighted by molar-refractivity contribution is 6.32. The van der Waals surface area contributed by atoms with Crippen molar-refractivity contribution in [1.29, 1.82) is 0 Å². The first-order valence-corrected chi connectivity index (χ1v) is 12.7. The summed E-state index contributed by atoms with van der Waals surface area (Å²) < 4.78 is 0. The van der Waals surface area contributed by atoms with E-state index in [1.807, 2.05) is 56.6 Å². The lowest BCUT2D eigenvalue weighted by atomic mass is 9.98. The molecule has 1 aliphatic rings. The van der Waals surface area contributed by atoms with Crippen molar-refractivity contribution in [2.75, 3.05) is 19.0 Å². The van der Waals surface area contributed by atoms with Gasteiger partial charge in [0.25, 0.3) is 0 Å². The Morgan fingerprint density at radius 1 is 0.972 bits per heavy atom. The summed E-state index contributed by atoms with van der Waals surface area (Å²) in [4.78, 5) is 31.9. The van der Waals surface area contributed by atoms with Crippen LogP contribution in [0.15, 0.2) is 79.1 Å². The third-order valence-electron chi connectivity index (χ3n) is 7.13. The second-order valence-electron chi connectivity index (χ2n) is 9.86. The molecule has 182 valence electrons. The summed E-state index contributed by atoms with van der Waals surface area (Å²) >= 11 is 6.44. The van der Waals surface area contributed by atoms with E-state index in [2.05, 4.69) is 34.1 Å². The smallest absolute Gasteiger partial charge is 0.163 e. The van der Waals surface area contributed by atoms with Crippen LogP contribution in [0, 0.1) is 5.92 Å². The van der Waals surface area contributed by atoms with Crippen LogP contribution in [-0.4, -0.2) is 30.6 Å². The molecule has 0 bridgehead atoms. The van der Waals surface area contributed by atoms with E-state index in [0.29, 0.717) is 17.9 Å². The number of anilines is 1. The number of nitrogens with zero attached hydrogens (tertiary/aromatic N) is 2. The van der Waals surface area contributed by atoms with Gasteiger partial charge in [0.2, 0.25) is 0 Å². The molecule has 1 aromatic heterocycles. The Kier molecular flexibility index (Phi) is 6.88. The van der Waals surface area contributed by atoms with Crippen LogP contribution in [0.3, 0.4) is 0 Å². The van der Waals surface area contributed by atoms with Crippen LogP contribution in [-0.2, 0) is 17.6 Å². The van der Waals surface area contributed by atoms with Gasteiger partial charge in [-0.2, -0.15) is 0 Å². The average Bonchev–Trinajstić information content (AvgIpc) is 3.69. The fraction of sp³-hybridized carbons (Fsp3) is 0.258. The number of hydrogen-bond donors (Lipinski definition) is 0. The Hall–Kier alpha value is -3.50. The summed E-state index contributed by atoms with van der Waals surface area (Å²) in [6.45, 7) is 0. The molecule has 0 aliphatic heterocycles. The van der Waals surface area contributed by atoms with E-state index in [0.717, 1.165) is 51.6 Å². The molecule has 0 saturated heterocycles. The zero-order valence-electron chi connectivity index (χ0n) is 20.6. The zero-order chi connectivity index (χ0) is 25.2. The zero-order valence-corrected chi connectivity index (χ0v) is 21.3. The number of hydrogen-bond acceptors (Lipinski definition) is 4. The van der Waals surface area contributed by atoms with Gasteiger partial charge in [-0.25, -0.2) is 0 Å². The maximum Gasteiger partial charge on any atom is 0.163 e. The van der Waals surface area contributed by atoms with Gasteiger partial charge in [0.15, 0.2) is 5.78 Å². The highest BCUT2D eigenvalue weighted by atomic mass is 35.5. The van der Waals surface area contributed by atoms with E-state index in [-0.39, 0.29) is 23.4 Å². The molecule has 5 heteroatoms. The molecule has 1 saturated carbocycles. The molecule has 2 atom stereocenters. The largest absolute Gasteiger partial charge is 0.378 e. The van der Waals surface area contributed by atoms with Crippen molar-refractivity contribution < 1.29 is 9.59 Å². The SMILES string of the molecule is CN(C)c1ccc(CCC(=O)c2ccc([C@@H]3C[C@H]3C(=O)Cc3cc4ccncc4cc3Cl)cc2)cc1. The number of pyridine rings is 1. The molecule has 36 heavy (non-hydrogen) atoms. The van der Waals surface area contributed by atoms with Crippen molar-refractivity contribution in [3.05, 3.63) is 106 Å². The molecular formula is C31H29ClN2O2. The second-order valence-corrected chi connectivity index (χ2v) is 10.3. The quantitative estimate of drug-likeness (QED) is 0.242. The first-order chi connectivity index (χ1) is 17.4. The standard InChI is InChI=1S/C31H29ClN2O2/c1-34(2)26-10-3-20(4-11-26)5-12-30(35)22-8-6-21(7-9-22)27-18-28(27)31(36)17-24-15-23-13-14-33-19-25(23)16-29(24)32/h3-4,6-11,13-16,19,27-28H,5,12,17-18H2,1-2H3/t27-,28+/m0/s1. The summed E-state index contributed by atoms with van der Waals surface area (Å²) in [5.41, 5.74) is 5.02. The van der Waals surface area contributed by atoms with Gasteiger partial charge in [-0.3, -0.25) is 14.6 Å². The Labute approximate surface area is 216 Å². The van der Waals surface area contributed by atoms with Gasteiger partial charge in [0.1, 0.15) is 5.78 Å². The van der Waals surface area contributed by atoms with Crippen LogP contribution in [0.2, 0.25) is 5.02 Å². The third kappa shape index (κ3) is 5.34. The predicted octanol–water partition coefficient (Wildman–Crippen LogP) is 6.69. The van der Waals surface area contributed by atoms with E-state index in [1.54, 1.807) is 12.4 Å². The number of halogens is 1. The normalized spacial score (nSPS) is 16.6. The number of carbonyl (C=O) groups is 2. The van der Waals surface area contributed by atoms with E-state index in [9.17, 15) is 9.59 Å². The topological polar surface area (TPSA) is 50.3 Å². The lowest BCUT2D eigenvalue weighted by molar-refractivity contribution is -0.119. The molecule has 3 aromatic carbocycles. The number of fused-ring (bicyclic) bond motifs is 1. The lowest BCUT2D eigenvalue weighted by Crippen LogP contribution is -2.08. The molecule has 0 radical (unpaired) electrons. The van der Waals surface area contributed by atoms with Gasteiger partial charge in [-0.15, -0.1) is 0 Å². The fourth-order valence-corrected chi connectivity index (χ4v) is 5.05. The number of benzene rings is 3. The van der Waals surface area contributed by atoms with Crippen LogP contribution in [0.5, 0.6) is 0 Å². The van der Waals surface area contributed by atoms with Crippen molar-refractivity contribution in [2.24, 2.45) is 5.92 Å². The summed E-state index contributed by atoms with van der Waals surface area (Å²) in [6.07, 6.45) is 5.92. The van der Waals surface area contributed by atoms with E-state index in [1.165, 1.54) is 0 Å². The third-order valence-corrected chi connectivity index (χ3v) is 7.48. The summed E-state index contributed by atoms with van der Waals surface area (Å²) in [6, 6.07) is 21.9. The predicted molar refractivity (Wildman–Crippen MR) is 146 cm³/mol. The van der Waals surface area contributed by atoms with Gasteiger partial charge in [0, 0.05) is 66.9 Å². The number of rotatable bonds is 9.